The minimum absolute atomic E-state index is 0.0186. The summed E-state index contributed by atoms with van der Waals surface area (Å²) in [6, 6.07) is 7.48. The zero-order valence-corrected chi connectivity index (χ0v) is 20.9. The van der Waals surface area contributed by atoms with Crippen LogP contribution in [0.15, 0.2) is 47.1 Å². The molecule has 1 aromatic heterocycles. The van der Waals surface area contributed by atoms with E-state index >= 15 is 0 Å². The third kappa shape index (κ3) is 4.80. The summed E-state index contributed by atoms with van der Waals surface area (Å²) in [5.41, 5.74) is 0.865. The van der Waals surface area contributed by atoms with Crippen molar-refractivity contribution in [2.45, 2.75) is 49.1 Å². The van der Waals surface area contributed by atoms with Crippen molar-refractivity contribution in [2.24, 2.45) is 0 Å². The first-order valence-electron chi connectivity index (χ1n) is 11.6. The Morgan fingerprint density at radius 3 is 2.62 bits per heavy atom. The number of aliphatic hydroxyl groups excluding tert-OH is 3. The van der Waals surface area contributed by atoms with E-state index in [2.05, 4.69) is 31.6 Å². The molecule has 2 saturated heterocycles. The monoisotopic (exact) mass is 584 g/mol. The number of hydrogen-bond donors (Lipinski definition) is 4. The SMILES string of the molecule is OC[C@H]1O[C@]2(OCC[C@H]2NCc2cccc(Br)c2)C(O)C(n2cc(-c3cc(F)c(F)c(F)c3)nn2)[C@H]1O. The second kappa shape index (κ2) is 10.4. The number of aromatic nitrogens is 3. The van der Waals surface area contributed by atoms with E-state index in [9.17, 15) is 28.5 Å². The maximum atomic E-state index is 13.7. The number of nitrogens with one attached hydrogen (secondary N) is 1. The van der Waals surface area contributed by atoms with Gasteiger partial charge in [-0.3, -0.25) is 0 Å². The van der Waals surface area contributed by atoms with Crippen LogP contribution < -0.4 is 5.32 Å². The molecule has 4 N–H and O–H groups in total. The Kier molecular flexibility index (Phi) is 7.38. The number of benzene rings is 2. The molecule has 2 unspecified atom stereocenters. The molecule has 3 heterocycles. The van der Waals surface area contributed by atoms with E-state index in [1.807, 2.05) is 24.3 Å². The second-order valence-electron chi connectivity index (χ2n) is 9.02. The summed E-state index contributed by atoms with van der Waals surface area (Å²) in [4.78, 5) is 0. The molecule has 6 atom stereocenters. The smallest absolute Gasteiger partial charge is 0.213 e. The fraction of sp³-hybridized carbons (Fsp3) is 0.417. The molecule has 0 amide bonds. The van der Waals surface area contributed by atoms with Crippen LogP contribution in [-0.4, -0.2) is 73.7 Å². The van der Waals surface area contributed by atoms with Gasteiger partial charge in [-0.05, 0) is 36.2 Å². The van der Waals surface area contributed by atoms with Crippen LogP contribution in [0.1, 0.15) is 18.0 Å². The Morgan fingerprint density at radius 1 is 1.16 bits per heavy atom. The normalized spacial score (nSPS) is 29.8. The van der Waals surface area contributed by atoms with Gasteiger partial charge in [0.05, 0.1) is 25.5 Å². The number of rotatable bonds is 6. The molecule has 0 bridgehead atoms. The average molecular weight is 585 g/mol. The Balaban J connectivity index is 1.44. The molecule has 2 aromatic carbocycles. The van der Waals surface area contributed by atoms with Crippen molar-refractivity contribution >= 4 is 15.9 Å². The van der Waals surface area contributed by atoms with Gasteiger partial charge in [0.15, 0.2) is 17.5 Å². The van der Waals surface area contributed by atoms with E-state index in [1.165, 1.54) is 6.20 Å². The van der Waals surface area contributed by atoms with E-state index in [-0.39, 0.29) is 17.9 Å². The highest BCUT2D eigenvalue weighted by Crippen LogP contribution is 2.43. The van der Waals surface area contributed by atoms with Crippen molar-refractivity contribution in [1.29, 1.82) is 0 Å². The molecule has 1 spiro atoms. The van der Waals surface area contributed by atoms with Crippen LogP contribution in [0.25, 0.3) is 11.3 Å². The van der Waals surface area contributed by atoms with Gasteiger partial charge >= 0.3 is 0 Å². The number of halogens is 4. The van der Waals surface area contributed by atoms with Crippen LogP contribution in [0.3, 0.4) is 0 Å². The Hall–Kier alpha value is -2.39. The van der Waals surface area contributed by atoms with Crippen LogP contribution in [0.5, 0.6) is 0 Å². The van der Waals surface area contributed by atoms with Gasteiger partial charge in [0, 0.05) is 16.6 Å². The number of aliphatic hydroxyl groups is 3. The lowest BCUT2D eigenvalue weighted by molar-refractivity contribution is -0.345. The van der Waals surface area contributed by atoms with Gasteiger partial charge < -0.3 is 30.1 Å². The number of hydrogen-bond acceptors (Lipinski definition) is 8. The van der Waals surface area contributed by atoms with Gasteiger partial charge in [0.1, 0.15) is 30.0 Å². The Bertz CT molecular complexity index is 1260. The maximum absolute atomic E-state index is 13.7. The number of nitrogens with zero attached hydrogens (tertiary/aromatic N) is 3. The summed E-state index contributed by atoms with van der Waals surface area (Å²) in [5.74, 6) is -6.04. The lowest BCUT2D eigenvalue weighted by atomic mass is 9.86. The van der Waals surface area contributed by atoms with E-state index in [1.54, 1.807) is 0 Å². The lowest BCUT2D eigenvalue weighted by Crippen LogP contribution is -2.68. The molecule has 3 aromatic rings. The molecule has 13 heteroatoms. The molecular formula is C24H24BrF3N4O5. The third-order valence-corrected chi connectivity index (χ3v) is 7.23. The lowest BCUT2D eigenvalue weighted by Gasteiger charge is -2.49. The van der Waals surface area contributed by atoms with Crippen molar-refractivity contribution in [3.63, 3.8) is 0 Å². The first kappa shape index (κ1) is 26.2. The van der Waals surface area contributed by atoms with Crippen LogP contribution in [-0.2, 0) is 16.0 Å². The summed E-state index contributed by atoms with van der Waals surface area (Å²) in [6.07, 6.45) is -2.32. The number of ether oxygens (including phenoxy) is 2. The molecule has 5 rings (SSSR count). The summed E-state index contributed by atoms with van der Waals surface area (Å²) in [7, 11) is 0. The molecule has 198 valence electrons. The molecule has 2 aliphatic heterocycles. The van der Waals surface area contributed by atoms with Crippen LogP contribution >= 0.6 is 15.9 Å². The van der Waals surface area contributed by atoms with Gasteiger partial charge in [0.2, 0.25) is 5.79 Å². The predicted molar refractivity (Wildman–Crippen MR) is 126 cm³/mol. The molecule has 9 nitrogen and oxygen atoms in total. The Morgan fingerprint density at radius 2 is 1.92 bits per heavy atom. The zero-order chi connectivity index (χ0) is 26.3. The highest BCUT2D eigenvalue weighted by molar-refractivity contribution is 9.10. The van der Waals surface area contributed by atoms with Gasteiger partial charge in [-0.2, -0.15) is 0 Å². The summed E-state index contributed by atoms with van der Waals surface area (Å²) >= 11 is 3.43. The second-order valence-corrected chi connectivity index (χ2v) is 9.94. The van der Waals surface area contributed by atoms with Crippen LogP contribution in [0.2, 0.25) is 0 Å². The fourth-order valence-electron chi connectivity index (χ4n) is 4.90. The Labute approximate surface area is 218 Å². The first-order chi connectivity index (χ1) is 17.7. The summed E-state index contributed by atoms with van der Waals surface area (Å²) in [5, 5.41) is 43.5. The van der Waals surface area contributed by atoms with E-state index in [0.717, 1.165) is 26.9 Å². The van der Waals surface area contributed by atoms with Crippen molar-refractivity contribution in [3.05, 3.63) is 70.1 Å². The van der Waals surface area contributed by atoms with E-state index < -0.39 is 60.2 Å². The average Bonchev–Trinajstić information content (AvgIpc) is 3.52. The summed E-state index contributed by atoms with van der Waals surface area (Å²) < 4.78 is 54.8. The molecule has 0 radical (unpaired) electrons. The minimum Gasteiger partial charge on any atom is -0.394 e. The molecule has 37 heavy (non-hydrogen) atoms. The quantitative estimate of drug-likeness (QED) is 0.325. The standard InChI is InChI=1S/C24H24BrF3N4O5/c25-14-3-1-2-12(6-14)9-29-19-4-5-36-24(19)23(35)21(22(34)18(11-33)37-24)32-10-17(30-31-32)13-7-15(26)20(28)16(27)8-13/h1-3,6-8,10,18-19,21-23,29,33-35H,4-5,9,11H2/t18-,19-,21?,22+,23?,24+/m1/s1. The third-order valence-electron chi connectivity index (χ3n) is 6.74. The highest BCUT2D eigenvalue weighted by Gasteiger charge is 2.61. The molecule has 0 aliphatic carbocycles. The van der Waals surface area contributed by atoms with Crippen molar-refractivity contribution < 1.29 is 38.0 Å². The van der Waals surface area contributed by atoms with E-state index in [4.69, 9.17) is 9.47 Å². The molecule has 2 fully saturated rings. The van der Waals surface area contributed by atoms with Gasteiger partial charge in [-0.1, -0.05) is 33.3 Å². The highest BCUT2D eigenvalue weighted by atomic mass is 79.9. The molecule has 0 saturated carbocycles. The van der Waals surface area contributed by atoms with E-state index in [0.29, 0.717) is 13.0 Å². The van der Waals surface area contributed by atoms with Crippen LogP contribution in [0, 0.1) is 17.5 Å². The van der Waals surface area contributed by atoms with Gasteiger partial charge in [-0.15, -0.1) is 5.10 Å². The molecular weight excluding hydrogens is 561 g/mol. The largest absolute Gasteiger partial charge is 0.394 e. The maximum Gasteiger partial charge on any atom is 0.213 e. The summed E-state index contributed by atoms with van der Waals surface area (Å²) in [6.45, 7) is 0.0895. The predicted octanol–water partition coefficient (Wildman–Crippen LogP) is 2.05. The van der Waals surface area contributed by atoms with Gasteiger partial charge in [-0.25, -0.2) is 17.9 Å². The van der Waals surface area contributed by atoms with Crippen molar-refractivity contribution in [2.75, 3.05) is 13.2 Å². The van der Waals surface area contributed by atoms with Crippen molar-refractivity contribution in [1.82, 2.24) is 20.3 Å². The first-order valence-corrected chi connectivity index (χ1v) is 12.4. The van der Waals surface area contributed by atoms with Gasteiger partial charge in [0.25, 0.3) is 0 Å². The minimum atomic E-state index is -1.64. The molecule has 2 aliphatic rings. The van der Waals surface area contributed by atoms with Crippen LogP contribution in [0.4, 0.5) is 13.2 Å². The fourth-order valence-corrected chi connectivity index (χ4v) is 5.35. The zero-order valence-electron chi connectivity index (χ0n) is 19.3. The topological polar surface area (TPSA) is 122 Å². The van der Waals surface area contributed by atoms with Crippen molar-refractivity contribution in [3.8, 4) is 11.3 Å².